The molecule has 132 valence electrons. The van der Waals surface area contributed by atoms with Gasteiger partial charge in [0.1, 0.15) is 5.75 Å². The molecule has 0 aliphatic heterocycles. The van der Waals surface area contributed by atoms with Gasteiger partial charge in [-0.25, -0.2) is 0 Å². The van der Waals surface area contributed by atoms with Crippen molar-refractivity contribution in [1.82, 2.24) is 4.57 Å². The second-order valence-corrected chi connectivity index (χ2v) is 5.84. The molecule has 1 aromatic heterocycles. The second-order valence-electron chi connectivity index (χ2n) is 5.84. The Labute approximate surface area is 153 Å². The number of methoxy groups -OCH3 is 1. The number of halogens is 1. The van der Waals surface area contributed by atoms with E-state index in [2.05, 4.69) is 12.1 Å². The topological polar surface area (TPSA) is 57.2 Å². The lowest BCUT2D eigenvalue weighted by atomic mass is 9.97. The zero-order valence-corrected chi connectivity index (χ0v) is 15.3. The van der Waals surface area contributed by atoms with Gasteiger partial charge in [-0.1, -0.05) is 30.3 Å². The maximum atomic E-state index is 12.9. The van der Waals surface area contributed by atoms with Gasteiger partial charge in [0.15, 0.2) is 0 Å². The fourth-order valence-corrected chi connectivity index (χ4v) is 3.16. The lowest BCUT2D eigenvalue weighted by Crippen LogP contribution is -2.24. The smallest absolute Gasteiger partial charge is 0.258 e. The SMILES string of the molecule is COc1ccc2c(=O)n(CCCN)c(C)c(-c3ccccc3)c2c1.Cl. The van der Waals surface area contributed by atoms with Gasteiger partial charge in [0.25, 0.3) is 5.56 Å². The predicted molar refractivity (Wildman–Crippen MR) is 106 cm³/mol. The molecule has 0 spiro atoms. The van der Waals surface area contributed by atoms with E-state index < -0.39 is 0 Å². The van der Waals surface area contributed by atoms with Crippen LogP contribution in [0.3, 0.4) is 0 Å². The molecule has 0 atom stereocenters. The third-order valence-corrected chi connectivity index (χ3v) is 4.39. The van der Waals surface area contributed by atoms with Gasteiger partial charge in [-0.3, -0.25) is 4.79 Å². The minimum Gasteiger partial charge on any atom is -0.497 e. The first-order valence-electron chi connectivity index (χ1n) is 8.14. The summed E-state index contributed by atoms with van der Waals surface area (Å²) in [5, 5.41) is 1.63. The summed E-state index contributed by atoms with van der Waals surface area (Å²) in [4.78, 5) is 12.9. The van der Waals surface area contributed by atoms with Crippen LogP contribution < -0.4 is 16.0 Å². The minimum atomic E-state index is 0. The van der Waals surface area contributed by atoms with Crippen LogP contribution in [0.25, 0.3) is 21.9 Å². The number of aromatic nitrogens is 1. The number of pyridine rings is 1. The van der Waals surface area contributed by atoms with Gasteiger partial charge >= 0.3 is 0 Å². The van der Waals surface area contributed by atoms with Crippen molar-refractivity contribution in [3.8, 4) is 16.9 Å². The highest BCUT2D eigenvalue weighted by molar-refractivity contribution is 5.98. The maximum absolute atomic E-state index is 12.9. The molecular formula is C20H23ClN2O2. The second kappa shape index (κ2) is 8.19. The molecule has 25 heavy (non-hydrogen) atoms. The molecule has 3 aromatic rings. The fourth-order valence-electron chi connectivity index (χ4n) is 3.16. The van der Waals surface area contributed by atoms with Crippen LogP contribution in [0.5, 0.6) is 5.75 Å². The number of rotatable bonds is 5. The molecule has 0 fully saturated rings. The van der Waals surface area contributed by atoms with Crippen molar-refractivity contribution in [2.75, 3.05) is 13.7 Å². The van der Waals surface area contributed by atoms with Crippen molar-refractivity contribution in [3.05, 3.63) is 64.6 Å². The summed E-state index contributed by atoms with van der Waals surface area (Å²) in [5.74, 6) is 0.748. The number of nitrogens with two attached hydrogens (primary N) is 1. The molecule has 1 heterocycles. The maximum Gasteiger partial charge on any atom is 0.258 e. The van der Waals surface area contributed by atoms with Gasteiger partial charge < -0.3 is 15.0 Å². The van der Waals surface area contributed by atoms with E-state index in [0.29, 0.717) is 18.5 Å². The van der Waals surface area contributed by atoms with Crippen LogP contribution in [0.15, 0.2) is 53.3 Å². The highest BCUT2D eigenvalue weighted by Gasteiger charge is 2.15. The molecule has 0 saturated carbocycles. The summed E-state index contributed by atoms with van der Waals surface area (Å²) in [7, 11) is 1.64. The summed E-state index contributed by atoms with van der Waals surface area (Å²) in [6.07, 6.45) is 0.774. The quantitative estimate of drug-likeness (QED) is 0.755. The molecule has 2 aromatic carbocycles. The Bertz CT molecular complexity index is 920. The number of fused-ring (bicyclic) bond motifs is 1. The summed E-state index contributed by atoms with van der Waals surface area (Å²) in [5.41, 5.74) is 8.79. The summed E-state index contributed by atoms with van der Waals surface area (Å²) >= 11 is 0. The van der Waals surface area contributed by atoms with Gasteiger partial charge in [0.05, 0.1) is 7.11 Å². The molecule has 0 radical (unpaired) electrons. The zero-order chi connectivity index (χ0) is 17.1. The van der Waals surface area contributed by atoms with E-state index in [4.69, 9.17) is 10.5 Å². The molecule has 4 nitrogen and oxygen atoms in total. The number of hydrogen-bond acceptors (Lipinski definition) is 3. The van der Waals surface area contributed by atoms with Gasteiger partial charge in [-0.05, 0) is 43.7 Å². The van der Waals surface area contributed by atoms with E-state index in [1.807, 2.05) is 47.9 Å². The van der Waals surface area contributed by atoms with Crippen LogP contribution in [0.2, 0.25) is 0 Å². The van der Waals surface area contributed by atoms with Crippen molar-refractivity contribution < 1.29 is 4.74 Å². The van der Waals surface area contributed by atoms with Crippen LogP contribution in [0.1, 0.15) is 12.1 Å². The summed E-state index contributed by atoms with van der Waals surface area (Å²) < 4.78 is 7.20. The van der Waals surface area contributed by atoms with E-state index >= 15 is 0 Å². The van der Waals surface area contributed by atoms with Crippen LogP contribution >= 0.6 is 12.4 Å². The normalized spacial score (nSPS) is 10.5. The molecule has 0 amide bonds. The van der Waals surface area contributed by atoms with Crippen LogP contribution in [-0.4, -0.2) is 18.2 Å². The van der Waals surface area contributed by atoms with Crippen molar-refractivity contribution >= 4 is 23.2 Å². The molecule has 0 aliphatic carbocycles. The van der Waals surface area contributed by atoms with Gasteiger partial charge in [-0.2, -0.15) is 0 Å². The Morgan fingerprint density at radius 1 is 1.08 bits per heavy atom. The first-order chi connectivity index (χ1) is 11.7. The first-order valence-corrected chi connectivity index (χ1v) is 8.14. The molecular weight excluding hydrogens is 336 g/mol. The number of ether oxygens (including phenoxy) is 1. The lowest BCUT2D eigenvalue weighted by Gasteiger charge is -2.18. The molecule has 0 aliphatic rings. The van der Waals surface area contributed by atoms with Crippen LogP contribution in [-0.2, 0) is 6.54 Å². The Balaban J connectivity index is 0.00000225. The fraction of sp³-hybridized carbons (Fsp3) is 0.250. The molecule has 0 saturated heterocycles. The Kier molecular flexibility index (Phi) is 6.23. The molecule has 0 unspecified atom stereocenters. The number of hydrogen-bond donors (Lipinski definition) is 1. The van der Waals surface area contributed by atoms with Crippen molar-refractivity contribution in [3.63, 3.8) is 0 Å². The van der Waals surface area contributed by atoms with E-state index in [0.717, 1.165) is 34.4 Å². The van der Waals surface area contributed by atoms with E-state index in [9.17, 15) is 4.79 Å². The average Bonchev–Trinajstić information content (AvgIpc) is 2.62. The lowest BCUT2D eigenvalue weighted by molar-refractivity contribution is 0.415. The Morgan fingerprint density at radius 2 is 1.80 bits per heavy atom. The van der Waals surface area contributed by atoms with E-state index in [1.54, 1.807) is 7.11 Å². The monoisotopic (exact) mass is 358 g/mol. The van der Waals surface area contributed by atoms with Gasteiger partial charge in [-0.15, -0.1) is 12.4 Å². The summed E-state index contributed by atoms with van der Waals surface area (Å²) in [6.45, 7) is 3.19. The van der Waals surface area contributed by atoms with Crippen LogP contribution in [0, 0.1) is 6.92 Å². The largest absolute Gasteiger partial charge is 0.497 e. The Hall–Kier alpha value is -2.30. The molecule has 2 N–H and O–H groups in total. The first kappa shape index (κ1) is 19.0. The third kappa shape index (κ3) is 3.55. The van der Waals surface area contributed by atoms with E-state index in [1.165, 1.54) is 0 Å². The van der Waals surface area contributed by atoms with Crippen LogP contribution in [0.4, 0.5) is 0 Å². The Morgan fingerprint density at radius 3 is 2.44 bits per heavy atom. The molecule has 3 rings (SSSR count). The van der Waals surface area contributed by atoms with Crippen molar-refractivity contribution in [2.24, 2.45) is 5.73 Å². The standard InChI is InChI=1S/C20H22N2O2.ClH/c1-14-19(15-7-4-3-5-8-15)18-13-16(24-2)9-10-17(18)20(23)22(14)12-6-11-21;/h3-5,7-10,13H,6,11-12,21H2,1-2H3;1H. The summed E-state index contributed by atoms with van der Waals surface area (Å²) in [6, 6.07) is 15.8. The zero-order valence-electron chi connectivity index (χ0n) is 14.5. The van der Waals surface area contributed by atoms with Crippen molar-refractivity contribution in [2.45, 2.75) is 19.9 Å². The van der Waals surface area contributed by atoms with Gasteiger partial charge in [0, 0.05) is 28.6 Å². The van der Waals surface area contributed by atoms with Gasteiger partial charge in [0.2, 0.25) is 0 Å². The molecule has 0 bridgehead atoms. The highest BCUT2D eigenvalue weighted by atomic mass is 35.5. The number of nitrogens with zero attached hydrogens (tertiary/aromatic N) is 1. The molecule has 5 heteroatoms. The van der Waals surface area contributed by atoms with E-state index in [-0.39, 0.29) is 18.0 Å². The highest BCUT2D eigenvalue weighted by Crippen LogP contribution is 2.32. The minimum absolute atomic E-state index is 0. The third-order valence-electron chi connectivity index (χ3n) is 4.39. The average molecular weight is 359 g/mol. The number of benzene rings is 2. The van der Waals surface area contributed by atoms with Crippen molar-refractivity contribution in [1.29, 1.82) is 0 Å². The predicted octanol–water partition coefficient (Wildman–Crippen LogP) is 3.76.